The molecule has 2 bridgehead atoms. The summed E-state index contributed by atoms with van der Waals surface area (Å²) in [6, 6.07) is 0. The van der Waals surface area contributed by atoms with Crippen molar-refractivity contribution in [3.8, 4) is 0 Å². The van der Waals surface area contributed by atoms with E-state index >= 15 is 0 Å². The highest BCUT2D eigenvalue weighted by atomic mass is 16.4. The van der Waals surface area contributed by atoms with Crippen molar-refractivity contribution in [1.29, 1.82) is 0 Å². The van der Waals surface area contributed by atoms with Crippen LogP contribution in [0, 0.1) is 23.7 Å². The lowest BCUT2D eigenvalue weighted by atomic mass is 9.88. The molecule has 4 heteroatoms. The lowest BCUT2D eigenvalue weighted by Crippen LogP contribution is -2.35. The van der Waals surface area contributed by atoms with Crippen molar-refractivity contribution in [1.82, 2.24) is 5.32 Å². The number of fused-ring (bicyclic) bond motifs is 2. The number of carboxylic acid groups (broad SMARTS) is 1. The summed E-state index contributed by atoms with van der Waals surface area (Å²) in [5.74, 6) is 0.545. The van der Waals surface area contributed by atoms with Crippen molar-refractivity contribution in [3.05, 3.63) is 0 Å². The third kappa shape index (κ3) is 2.79. The zero-order valence-electron chi connectivity index (χ0n) is 10.3. The van der Waals surface area contributed by atoms with E-state index in [1.165, 1.54) is 19.3 Å². The van der Waals surface area contributed by atoms with Crippen LogP contribution in [-0.4, -0.2) is 23.5 Å². The lowest BCUT2D eigenvalue weighted by molar-refractivity contribution is -0.141. The summed E-state index contributed by atoms with van der Waals surface area (Å²) in [6.07, 6.45) is 5.29. The van der Waals surface area contributed by atoms with Gasteiger partial charge in [0.25, 0.3) is 0 Å². The molecular weight excluding hydrogens is 218 g/mol. The second kappa shape index (κ2) is 5.07. The van der Waals surface area contributed by atoms with Crippen molar-refractivity contribution in [3.63, 3.8) is 0 Å². The second-order valence-corrected chi connectivity index (χ2v) is 5.60. The van der Waals surface area contributed by atoms with Gasteiger partial charge in [-0.05, 0) is 37.5 Å². The maximum atomic E-state index is 11.9. The summed E-state index contributed by atoms with van der Waals surface area (Å²) in [5, 5.41) is 11.6. The van der Waals surface area contributed by atoms with E-state index in [9.17, 15) is 9.59 Å². The monoisotopic (exact) mass is 239 g/mol. The van der Waals surface area contributed by atoms with E-state index in [4.69, 9.17) is 5.11 Å². The van der Waals surface area contributed by atoms with Gasteiger partial charge < -0.3 is 10.4 Å². The van der Waals surface area contributed by atoms with Gasteiger partial charge in [0, 0.05) is 12.5 Å². The molecule has 2 saturated carbocycles. The van der Waals surface area contributed by atoms with Crippen LogP contribution in [0.3, 0.4) is 0 Å². The fourth-order valence-electron chi connectivity index (χ4n) is 3.23. The Hall–Kier alpha value is -1.06. The molecule has 2 aliphatic rings. The third-order valence-electron chi connectivity index (χ3n) is 4.37. The first-order valence-corrected chi connectivity index (χ1v) is 6.58. The Bertz CT molecular complexity index is 316. The van der Waals surface area contributed by atoms with Crippen LogP contribution in [0.15, 0.2) is 0 Å². The number of amides is 1. The first kappa shape index (κ1) is 12.4. The van der Waals surface area contributed by atoms with Crippen molar-refractivity contribution >= 4 is 11.9 Å². The van der Waals surface area contributed by atoms with Crippen molar-refractivity contribution < 1.29 is 14.7 Å². The molecule has 1 amide bonds. The summed E-state index contributed by atoms with van der Waals surface area (Å²) < 4.78 is 0. The molecule has 0 aliphatic heterocycles. The van der Waals surface area contributed by atoms with Gasteiger partial charge in [-0.25, -0.2) is 0 Å². The second-order valence-electron chi connectivity index (χ2n) is 5.60. The highest BCUT2D eigenvalue weighted by Gasteiger charge is 2.42. The van der Waals surface area contributed by atoms with E-state index in [2.05, 4.69) is 5.32 Å². The molecule has 2 aliphatic carbocycles. The van der Waals surface area contributed by atoms with E-state index < -0.39 is 5.97 Å². The number of carbonyl (C=O) groups excluding carboxylic acids is 1. The summed E-state index contributed by atoms with van der Waals surface area (Å²) >= 11 is 0. The Morgan fingerprint density at radius 3 is 2.65 bits per heavy atom. The SMILES string of the molecule is CC(CCNC(=O)C1CC2CCC1C2)C(=O)O. The van der Waals surface area contributed by atoms with Gasteiger partial charge in [0.2, 0.25) is 5.91 Å². The molecule has 2 fully saturated rings. The Morgan fingerprint density at radius 1 is 1.35 bits per heavy atom. The van der Waals surface area contributed by atoms with Crippen LogP contribution in [0.5, 0.6) is 0 Å². The number of nitrogens with one attached hydrogen (secondary N) is 1. The van der Waals surface area contributed by atoms with Crippen molar-refractivity contribution in [2.75, 3.05) is 6.54 Å². The molecule has 4 unspecified atom stereocenters. The predicted molar refractivity (Wildman–Crippen MR) is 63.4 cm³/mol. The highest BCUT2D eigenvalue weighted by Crippen LogP contribution is 2.48. The predicted octanol–water partition coefficient (Wildman–Crippen LogP) is 1.65. The number of carbonyl (C=O) groups is 2. The van der Waals surface area contributed by atoms with E-state index in [0.717, 1.165) is 12.3 Å². The average molecular weight is 239 g/mol. The molecule has 4 atom stereocenters. The molecule has 0 radical (unpaired) electrons. The minimum Gasteiger partial charge on any atom is -0.481 e. The Balaban J connectivity index is 1.69. The molecule has 0 aromatic rings. The molecular formula is C13H21NO3. The van der Waals surface area contributed by atoms with Crippen molar-refractivity contribution in [2.24, 2.45) is 23.7 Å². The molecule has 17 heavy (non-hydrogen) atoms. The third-order valence-corrected chi connectivity index (χ3v) is 4.37. The molecule has 0 heterocycles. The van der Waals surface area contributed by atoms with E-state index in [1.54, 1.807) is 6.92 Å². The normalized spacial score (nSPS) is 32.4. The first-order chi connectivity index (χ1) is 8.08. The summed E-state index contributed by atoms with van der Waals surface area (Å²) in [5.41, 5.74) is 0. The van der Waals surface area contributed by atoms with E-state index in [-0.39, 0.29) is 17.7 Å². The first-order valence-electron chi connectivity index (χ1n) is 6.58. The van der Waals surface area contributed by atoms with Gasteiger partial charge in [-0.15, -0.1) is 0 Å². The van der Waals surface area contributed by atoms with Gasteiger partial charge in [-0.3, -0.25) is 9.59 Å². The summed E-state index contributed by atoms with van der Waals surface area (Å²) in [7, 11) is 0. The average Bonchev–Trinajstić information content (AvgIpc) is 2.90. The fraction of sp³-hybridized carbons (Fsp3) is 0.846. The Morgan fingerprint density at radius 2 is 2.12 bits per heavy atom. The van der Waals surface area contributed by atoms with Gasteiger partial charge in [0.1, 0.15) is 0 Å². The number of hydrogen-bond donors (Lipinski definition) is 2. The fourth-order valence-corrected chi connectivity index (χ4v) is 3.23. The molecule has 4 nitrogen and oxygen atoms in total. The van der Waals surface area contributed by atoms with Crippen molar-refractivity contribution in [2.45, 2.75) is 39.0 Å². The number of hydrogen-bond acceptors (Lipinski definition) is 2. The minimum atomic E-state index is -0.792. The number of carboxylic acids is 1. The van der Waals surface area contributed by atoms with Gasteiger partial charge >= 0.3 is 5.97 Å². The maximum absolute atomic E-state index is 11.9. The van der Waals surface area contributed by atoms with Crippen LogP contribution in [0.4, 0.5) is 0 Å². The van der Waals surface area contributed by atoms with Gasteiger partial charge in [-0.1, -0.05) is 13.3 Å². The molecule has 0 aromatic heterocycles. The maximum Gasteiger partial charge on any atom is 0.306 e. The molecule has 2 N–H and O–H groups in total. The van der Waals surface area contributed by atoms with Gasteiger partial charge in [0.15, 0.2) is 0 Å². The zero-order valence-corrected chi connectivity index (χ0v) is 10.3. The molecule has 2 rings (SSSR count). The number of rotatable bonds is 5. The molecule has 0 aromatic carbocycles. The summed E-state index contributed by atoms with van der Waals surface area (Å²) in [6.45, 7) is 2.16. The topological polar surface area (TPSA) is 66.4 Å². The number of aliphatic carboxylic acids is 1. The molecule has 0 saturated heterocycles. The Labute approximate surface area is 102 Å². The smallest absolute Gasteiger partial charge is 0.306 e. The Kier molecular flexibility index (Phi) is 3.69. The van der Waals surface area contributed by atoms with Crippen LogP contribution >= 0.6 is 0 Å². The van der Waals surface area contributed by atoms with Crippen LogP contribution in [0.25, 0.3) is 0 Å². The van der Waals surface area contributed by atoms with Crippen LogP contribution in [0.2, 0.25) is 0 Å². The molecule has 0 spiro atoms. The van der Waals surface area contributed by atoms with Gasteiger partial charge in [0.05, 0.1) is 5.92 Å². The molecule has 96 valence electrons. The van der Waals surface area contributed by atoms with Crippen LogP contribution < -0.4 is 5.32 Å². The van der Waals surface area contributed by atoms with Crippen LogP contribution in [-0.2, 0) is 9.59 Å². The quantitative estimate of drug-likeness (QED) is 0.766. The minimum absolute atomic E-state index is 0.148. The largest absolute Gasteiger partial charge is 0.481 e. The zero-order chi connectivity index (χ0) is 12.4. The van der Waals surface area contributed by atoms with E-state index in [0.29, 0.717) is 18.9 Å². The van der Waals surface area contributed by atoms with Crippen LogP contribution in [0.1, 0.15) is 39.0 Å². The van der Waals surface area contributed by atoms with Gasteiger partial charge in [-0.2, -0.15) is 0 Å². The standard InChI is InChI=1S/C13H21NO3/c1-8(13(16)17)4-5-14-12(15)11-7-9-2-3-10(11)6-9/h8-11H,2-7H2,1H3,(H,14,15)(H,16,17). The lowest BCUT2D eigenvalue weighted by Gasteiger charge is -2.21. The summed E-state index contributed by atoms with van der Waals surface area (Å²) in [4.78, 5) is 22.6. The van der Waals surface area contributed by atoms with E-state index in [1.807, 2.05) is 0 Å². The highest BCUT2D eigenvalue weighted by molar-refractivity contribution is 5.79.